The van der Waals surface area contributed by atoms with Crippen LogP contribution in [-0.2, 0) is 16.0 Å². The molecule has 16 nitrogen and oxygen atoms in total. The first kappa shape index (κ1) is 37.2. The van der Waals surface area contributed by atoms with Gasteiger partial charge in [-0.25, -0.2) is 14.6 Å². The number of rotatable bonds is 10. The minimum atomic E-state index is -0.946. The monoisotopic (exact) mass is 762 g/mol. The number of imidazole rings is 1. The Hall–Kier alpha value is -5.77. The van der Waals surface area contributed by atoms with E-state index < -0.39 is 18.0 Å². The number of carbonyl (C=O) groups is 3. The van der Waals surface area contributed by atoms with Crippen LogP contribution in [0, 0.1) is 12.8 Å². The maximum absolute atomic E-state index is 14.5. The zero-order valence-electron chi connectivity index (χ0n) is 31.7. The van der Waals surface area contributed by atoms with E-state index in [1.807, 2.05) is 42.2 Å². The summed E-state index contributed by atoms with van der Waals surface area (Å²) in [5, 5.41) is 17.8. The summed E-state index contributed by atoms with van der Waals surface area (Å²) in [7, 11) is 0. The van der Waals surface area contributed by atoms with Gasteiger partial charge in [0.15, 0.2) is 5.65 Å². The van der Waals surface area contributed by atoms with Crippen molar-refractivity contribution in [3.05, 3.63) is 82.8 Å². The number of hydrogen-bond acceptors (Lipinski definition) is 9. The molecule has 0 aliphatic carbocycles. The number of piperazine rings is 1. The van der Waals surface area contributed by atoms with E-state index in [0.29, 0.717) is 64.2 Å². The van der Waals surface area contributed by atoms with E-state index >= 15 is 0 Å². The Labute approximate surface area is 324 Å². The number of nitrogens with zero attached hydrogens (tertiary/aromatic N) is 7. The van der Waals surface area contributed by atoms with Crippen molar-refractivity contribution in [2.24, 2.45) is 5.92 Å². The summed E-state index contributed by atoms with van der Waals surface area (Å²) in [4.78, 5) is 72.7. The molecule has 294 valence electrons. The first-order chi connectivity index (χ1) is 27.3. The van der Waals surface area contributed by atoms with Gasteiger partial charge in [0.2, 0.25) is 11.8 Å². The molecule has 5 N–H and O–H groups in total. The van der Waals surface area contributed by atoms with Crippen LogP contribution in [0.1, 0.15) is 49.3 Å². The number of fused-ring (bicyclic) bond motifs is 2. The lowest BCUT2D eigenvalue weighted by atomic mass is 9.90. The van der Waals surface area contributed by atoms with Crippen LogP contribution in [-0.4, -0.2) is 122 Å². The number of piperidine rings is 2. The van der Waals surface area contributed by atoms with Crippen molar-refractivity contribution in [1.82, 2.24) is 55.5 Å². The van der Waals surface area contributed by atoms with Crippen molar-refractivity contribution in [1.29, 1.82) is 0 Å². The van der Waals surface area contributed by atoms with Crippen LogP contribution in [0.5, 0.6) is 0 Å². The van der Waals surface area contributed by atoms with Crippen LogP contribution in [0.15, 0.2) is 66.0 Å². The summed E-state index contributed by atoms with van der Waals surface area (Å²) in [6.07, 6.45) is 10.7. The number of hydrogen-bond donors (Lipinski definition) is 5. The van der Waals surface area contributed by atoms with Gasteiger partial charge in [0.1, 0.15) is 12.1 Å². The number of pyridine rings is 2. The molecule has 56 heavy (non-hydrogen) atoms. The number of urea groups is 1. The van der Waals surface area contributed by atoms with Crippen molar-refractivity contribution in [3.8, 4) is 0 Å². The summed E-state index contributed by atoms with van der Waals surface area (Å²) >= 11 is 0. The van der Waals surface area contributed by atoms with Gasteiger partial charge < -0.3 is 30.7 Å². The zero-order valence-corrected chi connectivity index (χ0v) is 31.7. The van der Waals surface area contributed by atoms with E-state index in [-0.39, 0.29) is 36.0 Å². The quantitative estimate of drug-likeness (QED) is 0.142. The molecular formula is C40H50N12O4. The largest absolute Gasteiger partial charge is 0.368 e. The third-order valence-electron chi connectivity index (χ3n) is 11.7. The van der Waals surface area contributed by atoms with Crippen molar-refractivity contribution in [2.45, 2.75) is 63.6 Å². The van der Waals surface area contributed by atoms with E-state index in [1.54, 1.807) is 40.3 Å². The van der Waals surface area contributed by atoms with Crippen LogP contribution in [0.25, 0.3) is 22.1 Å². The number of nitrogens with one attached hydrogen (secondary N) is 5. The Kier molecular flexibility index (Phi) is 11.0. The van der Waals surface area contributed by atoms with Gasteiger partial charge in [0.25, 0.3) is 0 Å². The average molecular weight is 763 g/mol. The molecule has 4 aromatic heterocycles. The number of aryl methyl sites for hydroxylation is 1. The number of anilines is 1. The summed E-state index contributed by atoms with van der Waals surface area (Å²) in [6, 6.07) is 9.49. The Morgan fingerprint density at radius 1 is 0.893 bits per heavy atom. The summed E-state index contributed by atoms with van der Waals surface area (Å²) in [5.74, 6) is -0.194. The van der Waals surface area contributed by atoms with Crippen molar-refractivity contribution >= 4 is 45.6 Å². The first-order valence-electron chi connectivity index (χ1n) is 19.8. The Balaban J connectivity index is 0.989. The van der Waals surface area contributed by atoms with Gasteiger partial charge >= 0.3 is 11.7 Å². The van der Waals surface area contributed by atoms with E-state index in [1.165, 1.54) is 0 Å². The maximum atomic E-state index is 14.5. The second-order valence-electron chi connectivity index (χ2n) is 15.4. The highest BCUT2D eigenvalue weighted by molar-refractivity contribution is 5.92. The van der Waals surface area contributed by atoms with Gasteiger partial charge in [0.05, 0.1) is 17.2 Å². The average Bonchev–Trinajstić information content (AvgIpc) is 3.85. The summed E-state index contributed by atoms with van der Waals surface area (Å²) in [5.41, 5.74) is 4.91. The van der Waals surface area contributed by atoms with Gasteiger partial charge in [-0.3, -0.25) is 29.2 Å². The highest BCUT2D eigenvalue weighted by atomic mass is 16.2. The molecule has 0 saturated carbocycles. The number of likely N-dealkylation sites (tertiary alicyclic amines) is 1. The molecule has 3 aliphatic rings. The Bertz CT molecular complexity index is 2210. The SMILES string of the molecule is Cc1cc(CC(NC(=O)N2CCC(n3c(=O)[nH]c4ncccc43)CC2)C(=O)N[C@@H](CC2CCNCC2)C(=O)N2CCN(c3ccncc3)CC2)cc2cn[nH]c12. The number of amides is 4. The van der Waals surface area contributed by atoms with Crippen LogP contribution < -0.4 is 26.5 Å². The molecular weight excluding hydrogens is 713 g/mol. The molecule has 2 atom stereocenters. The predicted octanol–water partition coefficient (Wildman–Crippen LogP) is 2.49. The second kappa shape index (κ2) is 16.5. The number of benzene rings is 1. The van der Waals surface area contributed by atoms with Crippen LogP contribution in [0.2, 0.25) is 0 Å². The van der Waals surface area contributed by atoms with Crippen LogP contribution in [0.3, 0.4) is 0 Å². The normalized spacial score (nSPS) is 18.3. The number of aromatic amines is 2. The van der Waals surface area contributed by atoms with Crippen LogP contribution >= 0.6 is 0 Å². The fraction of sp³-hybridized carbons (Fsp3) is 0.475. The van der Waals surface area contributed by atoms with Gasteiger partial charge in [-0.1, -0.05) is 6.07 Å². The Morgan fingerprint density at radius 3 is 2.43 bits per heavy atom. The van der Waals surface area contributed by atoms with Gasteiger partial charge in [0, 0.05) is 81.4 Å². The molecule has 3 saturated heterocycles. The minimum Gasteiger partial charge on any atom is -0.368 e. The first-order valence-corrected chi connectivity index (χ1v) is 19.8. The van der Waals surface area contributed by atoms with Crippen molar-refractivity contribution in [3.63, 3.8) is 0 Å². The molecule has 8 rings (SSSR count). The van der Waals surface area contributed by atoms with E-state index in [0.717, 1.165) is 59.2 Å². The molecule has 7 heterocycles. The molecule has 4 amide bonds. The lowest BCUT2D eigenvalue weighted by Crippen LogP contribution is -2.59. The third kappa shape index (κ3) is 8.10. The van der Waals surface area contributed by atoms with Gasteiger partial charge in [-0.2, -0.15) is 5.10 Å². The predicted molar refractivity (Wildman–Crippen MR) is 212 cm³/mol. The van der Waals surface area contributed by atoms with E-state index in [4.69, 9.17) is 0 Å². The second-order valence-corrected chi connectivity index (χ2v) is 15.4. The summed E-state index contributed by atoms with van der Waals surface area (Å²) < 4.78 is 1.74. The topological polar surface area (TPSA) is 189 Å². The standard InChI is InChI=1S/C40H50N12O4/c1-26-21-28(22-29-25-44-48-35(26)29)24-32(46-39(55)51-15-8-31(9-16-51)52-34-3-2-10-43-36(34)47-40(52)56)37(53)45-33(23-27-4-11-41-12-5-27)38(54)50-19-17-49(18-20-50)30-6-13-42-14-7-30/h2-3,6-7,10,13-14,21-22,25,27,31-33,41H,4-5,8-9,11-12,15-20,23-24H2,1H3,(H,44,48)(H,45,53)(H,46,55)(H,43,47,56)/t32?,33-/m0/s1. The number of aromatic nitrogens is 6. The van der Waals surface area contributed by atoms with Gasteiger partial charge in [-0.05, 0) is 99.5 Å². The molecule has 16 heteroatoms. The smallest absolute Gasteiger partial charge is 0.327 e. The number of H-pyrrole nitrogens is 2. The molecule has 0 radical (unpaired) electrons. The maximum Gasteiger partial charge on any atom is 0.327 e. The molecule has 3 fully saturated rings. The molecule has 3 aliphatic heterocycles. The van der Waals surface area contributed by atoms with Crippen molar-refractivity contribution < 1.29 is 14.4 Å². The number of carbonyl (C=O) groups excluding carboxylic acids is 3. The van der Waals surface area contributed by atoms with Crippen LogP contribution in [0.4, 0.5) is 10.5 Å². The van der Waals surface area contributed by atoms with Gasteiger partial charge in [-0.15, -0.1) is 0 Å². The minimum absolute atomic E-state index is 0.0863. The highest BCUT2D eigenvalue weighted by Crippen LogP contribution is 2.26. The molecule has 0 bridgehead atoms. The lowest BCUT2D eigenvalue weighted by molar-refractivity contribution is -0.137. The fourth-order valence-corrected chi connectivity index (χ4v) is 8.67. The van der Waals surface area contributed by atoms with E-state index in [9.17, 15) is 19.2 Å². The van der Waals surface area contributed by atoms with E-state index in [2.05, 4.69) is 46.0 Å². The van der Waals surface area contributed by atoms with Crippen molar-refractivity contribution in [2.75, 3.05) is 57.3 Å². The molecule has 1 unspecified atom stereocenters. The molecule has 5 aromatic rings. The molecule has 0 spiro atoms. The molecule has 1 aromatic carbocycles. The fourth-order valence-electron chi connectivity index (χ4n) is 8.67. The third-order valence-corrected chi connectivity index (χ3v) is 11.7. The Morgan fingerprint density at radius 2 is 1.66 bits per heavy atom. The summed E-state index contributed by atoms with van der Waals surface area (Å²) in [6.45, 7) is 7.00. The highest BCUT2D eigenvalue weighted by Gasteiger charge is 2.35. The lowest BCUT2D eigenvalue weighted by Gasteiger charge is -2.38. The zero-order chi connectivity index (χ0) is 38.6.